The Balaban J connectivity index is 2.52. The number of carbonyl (C=O) groups excluding carboxylic acids is 1. The summed E-state index contributed by atoms with van der Waals surface area (Å²) in [7, 11) is 1.90. The summed E-state index contributed by atoms with van der Waals surface area (Å²) >= 11 is 0. The number of amides is 1. The van der Waals surface area contributed by atoms with E-state index in [4.69, 9.17) is 0 Å². The second-order valence-corrected chi connectivity index (χ2v) is 3.33. The number of likely N-dealkylation sites (N-methyl/N-ethyl adjacent to an activating group) is 1. The molecule has 3 heteroatoms. The maximum atomic E-state index is 11.3. The normalized spacial score (nSPS) is 25.3. The van der Waals surface area contributed by atoms with Crippen molar-refractivity contribution in [3.05, 3.63) is 0 Å². The molecule has 1 aliphatic rings. The van der Waals surface area contributed by atoms with Crippen LogP contribution in [0.4, 0.5) is 0 Å². The maximum Gasteiger partial charge on any atom is 0.224 e. The molecule has 0 aliphatic carbocycles. The average molecular weight is 156 g/mol. The molecule has 0 aromatic carbocycles. The zero-order valence-electron chi connectivity index (χ0n) is 7.42. The Hall–Kier alpha value is -0.570. The van der Waals surface area contributed by atoms with Crippen LogP contribution in [-0.4, -0.2) is 36.5 Å². The first-order valence-corrected chi connectivity index (χ1v) is 4.12. The number of carbonyl (C=O) groups is 1. The second kappa shape index (κ2) is 3.22. The van der Waals surface area contributed by atoms with E-state index in [1.54, 1.807) is 0 Å². The highest BCUT2D eigenvalue weighted by Gasteiger charge is 2.29. The minimum absolute atomic E-state index is 0.277. The van der Waals surface area contributed by atoms with Crippen LogP contribution in [0.1, 0.15) is 20.3 Å². The van der Waals surface area contributed by atoms with Crippen molar-refractivity contribution >= 4 is 5.91 Å². The fourth-order valence-electron chi connectivity index (χ4n) is 1.42. The van der Waals surface area contributed by atoms with Gasteiger partial charge in [-0.2, -0.15) is 0 Å². The van der Waals surface area contributed by atoms with Crippen LogP contribution < -0.4 is 5.32 Å². The lowest BCUT2D eigenvalue weighted by molar-refractivity contribution is -0.129. The van der Waals surface area contributed by atoms with Crippen molar-refractivity contribution in [3.63, 3.8) is 0 Å². The third-order valence-electron chi connectivity index (χ3n) is 2.19. The van der Waals surface area contributed by atoms with Gasteiger partial charge in [-0.3, -0.25) is 4.79 Å². The lowest BCUT2D eigenvalue weighted by Gasteiger charge is -2.20. The van der Waals surface area contributed by atoms with Crippen LogP contribution in [0.5, 0.6) is 0 Å². The smallest absolute Gasteiger partial charge is 0.224 e. The van der Waals surface area contributed by atoms with Gasteiger partial charge in [-0.25, -0.2) is 0 Å². The third-order valence-corrected chi connectivity index (χ3v) is 2.19. The first-order valence-electron chi connectivity index (χ1n) is 4.12. The monoisotopic (exact) mass is 156 g/mol. The molecule has 0 radical (unpaired) electrons. The number of hydrogen-bond acceptors (Lipinski definition) is 2. The number of nitrogens with zero attached hydrogens (tertiary/aromatic N) is 1. The van der Waals surface area contributed by atoms with Gasteiger partial charge in [0.25, 0.3) is 0 Å². The SMILES string of the molecule is CNC1CC(=O)N(C(C)C)C1. The molecule has 0 bridgehead atoms. The lowest BCUT2D eigenvalue weighted by Crippen LogP contribution is -2.34. The second-order valence-electron chi connectivity index (χ2n) is 3.33. The van der Waals surface area contributed by atoms with Crippen molar-refractivity contribution in [2.24, 2.45) is 0 Å². The summed E-state index contributed by atoms with van der Waals surface area (Å²) in [6.07, 6.45) is 0.661. The van der Waals surface area contributed by atoms with Crippen LogP contribution >= 0.6 is 0 Å². The summed E-state index contributed by atoms with van der Waals surface area (Å²) in [5, 5.41) is 3.12. The van der Waals surface area contributed by atoms with Gasteiger partial charge in [0.05, 0.1) is 0 Å². The van der Waals surface area contributed by atoms with Gasteiger partial charge in [0.1, 0.15) is 0 Å². The molecule has 0 aromatic heterocycles. The van der Waals surface area contributed by atoms with Crippen molar-refractivity contribution in [2.75, 3.05) is 13.6 Å². The zero-order valence-corrected chi connectivity index (χ0v) is 7.42. The summed E-state index contributed by atoms with van der Waals surface area (Å²) in [6.45, 7) is 4.97. The zero-order chi connectivity index (χ0) is 8.43. The highest BCUT2D eigenvalue weighted by atomic mass is 16.2. The van der Waals surface area contributed by atoms with E-state index in [9.17, 15) is 4.79 Å². The molecule has 1 heterocycles. The van der Waals surface area contributed by atoms with Crippen LogP contribution in [0.25, 0.3) is 0 Å². The molecule has 1 rings (SSSR count). The highest BCUT2D eigenvalue weighted by molar-refractivity contribution is 5.79. The Morgan fingerprint density at radius 1 is 1.64 bits per heavy atom. The lowest BCUT2D eigenvalue weighted by atomic mass is 10.3. The van der Waals surface area contributed by atoms with Crippen molar-refractivity contribution in [3.8, 4) is 0 Å². The van der Waals surface area contributed by atoms with Gasteiger partial charge in [-0.15, -0.1) is 0 Å². The van der Waals surface area contributed by atoms with Crippen molar-refractivity contribution in [1.82, 2.24) is 10.2 Å². The molecule has 3 nitrogen and oxygen atoms in total. The molecule has 1 saturated heterocycles. The van der Waals surface area contributed by atoms with Gasteiger partial charge in [0, 0.05) is 25.0 Å². The Morgan fingerprint density at radius 3 is 2.55 bits per heavy atom. The van der Waals surface area contributed by atoms with E-state index >= 15 is 0 Å². The van der Waals surface area contributed by atoms with E-state index in [2.05, 4.69) is 19.2 Å². The molecule has 64 valence electrons. The summed E-state index contributed by atoms with van der Waals surface area (Å²) in [5.74, 6) is 0.277. The average Bonchev–Trinajstić information content (AvgIpc) is 2.30. The molecule has 1 amide bonds. The molecule has 1 aliphatic heterocycles. The number of hydrogen-bond donors (Lipinski definition) is 1. The standard InChI is InChI=1S/C8H16N2O/c1-6(2)10-5-7(9-3)4-8(10)11/h6-7,9H,4-5H2,1-3H3. The first-order chi connectivity index (χ1) is 5.15. The van der Waals surface area contributed by atoms with Crippen LogP contribution in [0.2, 0.25) is 0 Å². The Morgan fingerprint density at radius 2 is 2.27 bits per heavy atom. The molecule has 11 heavy (non-hydrogen) atoms. The predicted molar refractivity (Wildman–Crippen MR) is 44.3 cm³/mol. The van der Waals surface area contributed by atoms with Gasteiger partial charge in [-0.05, 0) is 20.9 Å². The summed E-state index contributed by atoms with van der Waals surface area (Å²) in [4.78, 5) is 13.2. The molecule has 1 atom stereocenters. The van der Waals surface area contributed by atoms with Crippen LogP contribution in [0.15, 0.2) is 0 Å². The van der Waals surface area contributed by atoms with Gasteiger partial charge >= 0.3 is 0 Å². The van der Waals surface area contributed by atoms with E-state index in [0.717, 1.165) is 6.54 Å². The third kappa shape index (κ3) is 1.71. The molecular formula is C8H16N2O. The van der Waals surface area contributed by atoms with Crippen LogP contribution in [0, 0.1) is 0 Å². The van der Waals surface area contributed by atoms with E-state index < -0.39 is 0 Å². The largest absolute Gasteiger partial charge is 0.339 e. The molecule has 1 unspecified atom stereocenters. The van der Waals surface area contributed by atoms with E-state index in [-0.39, 0.29) is 5.91 Å². The first kappa shape index (κ1) is 8.53. The summed E-state index contributed by atoms with van der Waals surface area (Å²) in [5.41, 5.74) is 0. The Labute approximate surface area is 67.8 Å². The molecule has 1 N–H and O–H groups in total. The minimum atomic E-state index is 0.277. The quantitative estimate of drug-likeness (QED) is 0.620. The van der Waals surface area contributed by atoms with Gasteiger partial charge < -0.3 is 10.2 Å². The van der Waals surface area contributed by atoms with Crippen LogP contribution in [-0.2, 0) is 4.79 Å². The molecule has 1 fully saturated rings. The van der Waals surface area contributed by atoms with Gasteiger partial charge in [0.15, 0.2) is 0 Å². The van der Waals surface area contributed by atoms with E-state index in [0.29, 0.717) is 18.5 Å². The molecule has 0 saturated carbocycles. The number of likely N-dealkylation sites (tertiary alicyclic amines) is 1. The van der Waals surface area contributed by atoms with E-state index in [1.165, 1.54) is 0 Å². The topological polar surface area (TPSA) is 32.3 Å². The Kier molecular flexibility index (Phi) is 2.49. The Bertz CT molecular complexity index is 156. The fraction of sp³-hybridized carbons (Fsp3) is 0.875. The molecule has 0 aromatic rings. The molecule has 0 spiro atoms. The van der Waals surface area contributed by atoms with Crippen molar-refractivity contribution in [2.45, 2.75) is 32.4 Å². The number of rotatable bonds is 2. The minimum Gasteiger partial charge on any atom is -0.339 e. The highest BCUT2D eigenvalue weighted by Crippen LogP contribution is 2.13. The van der Waals surface area contributed by atoms with Gasteiger partial charge in [0.2, 0.25) is 5.91 Å². The van der Waals surface area contributed by atoms with Crippen LogP contribution in [0.3, 0.4) is 0 Å². The predicted octanol–water partition coefficient (Wildman–Crippen LogP) is 0.215. The van der Waals surface area contributed by atoms with E-state index in [1.807, 2.05) is 11.9 Å². The number of nitrogens with one attached hydrogen (secondary N) is 1. The van der Waals surface area contributed by atoms with Crippen molar-refractivity contribution in [1.29, 1.82) is 0 Å². The van der Waals surface area contributed by atoms with Crippen molar-refractivity contribution < 1.29 is 4.79 Å². The van der Waals surface area contributed by atoms with Gasteiger partial charge in [-0.1, -0.05) is 0 Å². The summed E-state index contributed by atoms with van der Waals surface area (Å²) < 4.78 is 0. The summed E-state index contributed by atoms with van der Waals surface area (Å²) in [6, 6.07) is 0.714. The maximum absolute atomic E-state index is 11.3. The fourth-order valence-corrected chi connectivity index (χ4v) is 1.42. The molecular weight excluding hydrogens is 140 g/mol.